The lowest BCUT2D eigenvalue weighted by Gasteiger charge is -2.13. The molecule has 0 fully saturated rings. The van der Waals surface area contributed by atoms with E-state index in [0.29, 0.717) is 12.8 Å². The fraction of sp³-hybridized carbons (Fsp3) is 0.538. The summed E-state index contributed by atoms with van der Waals surface area (Å²) in [4.78, 5) is 0. The number of benzene rings is 1. The molecule has 0 saturated heterocycles. The molecule has 0 aliphatic rings. The SMILES string of the molecule is O=S(=O)(O)CCCC[C@H](CO)Cc1ccccc1. The van der Waals surface area contributed by atoms with E-state index < -0.39 is 10.1 Å². The van der Waals surface area contributed by atoms with E-state index >= 15 is 0 Å². The molecule has 102 valence electrons. The molecular weight excluding hydrogens is 252 g/mol. The number of aliphatic hydroxyl groups is 1. The number of aliphatic hydroxyl groups excluding tert-OH is 1. The molecule has 18 heavy (non-hydrogen) atoms. The minimum absolute atomic E-state index is 0.0980. The predicted octanol–water partition coefficient (Wildman–Crippen LogP) is 1.90. The van der Waals surface area contributed by atoms with Crippen LogP contribution >= 0.6 is 0 Å². The van der Waals surface area contributed by atoms with Crippen LogP contribution in [0.5, 0.6) is 0 Å². The molecule has 0 saturated carbocycles. The van der Waals surface area contributed by atoms with E-state index in [-0.39, 0.29) is 18.3 Å². The van der Waals surface area contributed by atoms with Crippen molar-refractivity contribution in [1.82, 2.24) is 0 Å². The summed E-state index contributed by atoms with van der Waals surface area (Å²) >= 11 is 0. The standard InChI is InChI=1S/C13H20O4S/c14-11-13(8-4-5-9-18(15,16)17)10-12-6-2-1-3-7-12/h1-3,6-7,13-14H,4-5,8-11H2,(H,15,16,17)/t13-/m0/s1. The second kappa shape index (κ2) is 7.51. The molecule has 0 aromatic heterocycles. The van der Waals surface area contributed by atoms with E-state index in [4.69, 9.17) is 4.55 Å². The lowest BCUT2D eigenvalue weighted by molar-refractivity contribution is 0.215. The Labute approximate surface area is 108 Å². The molecule has 1 atom stereocenters. The summed E-state index contributed by atoms with van der Waals surface area (Å²) in [5, 5.41) is 9.28. The predicted molar refractivity (Wildman–Crippen MR) is 71.0 cm³/mol. The average Bonchev–Trinajstić information content (AvgIpc) is 2.33. The first-order valence-corrected chi connectivity index (χ1v) is 7.72. The van der Waals surface area contributed by atoms with Crippen LogP contribution in [0.25, 0.3) is 0 Å². The van der Waals surface area contributed by atoms with Crippen molar-refractivity contribution < 1.29 is 18.1 Å². The lowest BCUT2D eigenvalue weighted by atomic mass is 9.95. The van der Waals surface area contributed by atoms with Crippen LogP contribution in [-0.4, -0.2) is 30.4 Å². The Bertz CT molecular complexity index is 428. The summed E-state index contributed by atoms with van der Waals surface area (Å²) in [5.41, 5.74) is 1.17. The molecule has 0 bridgehead atoms. The first-order chi connectivity index (χ1) is 8.51. The normalized spacial score (nSPS) is 13.4. The van der Waals surface area contributed by atoms with Gasteiger partial charge in [0.05, 0.1) is 5.75 Å². The third kappa shape index (κ3) is 6.74. The molecule has 0 aliphatic carbocycles. The van der Waals surface area contributed by atoms with E-state index in [9.17, 15) is 13.5 Å². The average molecular weight is 272 g/mol. The van der Waals surface area contributed by atoms with Gasteiger partial charge in [-0.25, -0.2) is 0 Å². The Morgan fingerprint density at radius 2 is 1.78 bits per heavy atom. The molecule has 1 aromatic carbocycles. The highest BCUT2D eigenvalue weighted by Gasteiger charge is 2.10. The van der Waals surface area contributed by atoms with Gasteiger partial charge >= 0.3 is 0 Å². The largest absolute Gasteiger partial charge is 0.396 e. The van der Waals surface area contributed by atoms with E-state index in [1.807, 2.05) is 30.3 Å². The Morgan fingerprint density at radius 1 is 1.11 bits per heavy atom. The molecule has 5 heteroatoms. The zero-order valence-electron chi connectivity index (χ0n) is 10.3. The van der Waals surface area contributed by atoms with Crippen molar-refractivity contribution in [2.24, 2.45) is 5.92 Å². The number of hydrogen-bond donors (Lipinski definition) is 2. The van der Waals surface area contributed by atoms with Crippen LogP contribution in [-0.2, 0) is 16.5 Å². The zero-order valence-corrected chi connectivity index (χ0v) is 11.1. The number of hydrogen-bond acceptors (Lipinski definition) is 3. The Morgan fingerprint density at radius 3 is 2.33 bits per heavy atom. The fourth-order valence-corrected chi connectivity index (χ4v) is 2.49. The molecule has 4 nitrogen and oxygen atoms in total. The second-order valence-corrected chi connectivity index (χ2v) is 6.09. The van der Waals surface area contributed by atoms with Gasteiger partial charge < -0.3 is 5.11 Å². The van der Waals surface area contributed by atoms with Crippen LogP contribution in [0.3, 0.4) is 0 Å². The van der Waals surface area contributed by atoms with Gasteiger partial charge in [0.1, 0.15) is 0 Å². The maximum absolute atomic E-state index is 10.5. The number of rotatable bonds is 8. The summed E-state index contributed by atoms with van der Waals surface area (Å²) in [6.45, 7) is 0.0980. The molecule has 1 rings (SSSR count). The first-order valence-electron chi connectivity index (χ1n) is 6.11. The van der Waals surface area contributed by atoms with E-state index in [2.05, 4.69) is 0 Å². The van der Waals surface area contributed by atoms with Gasteiger partial charge in [0.2, 0.25) is 0 Å². The van der Waals surface area contributed by atoms with Crippen molar-refractivity contribution in [3.8, 4) is 0 Å². The molecule has 0 aliphatic heterocycles. The quantitative estimate of drug-likeness (QED) is 0.560. The summed E-state index contributed by atoms with van der Waals surface area (Å²) in [7, 11) is -3.85. The van der Waals surface area contributed by atoms with Crippen LogP contribution in [0.4, 0.5) is 0 Å². The van der Waals surface area contributed by atoms with Crippen molar-refractivity contribution in [2.45, 2.75) is 25.7 Å². The molecule has 0 spiro atoms. The number of unbranched alkanes of at least 4 members (excludes halogenated alkanes) is 1. The van der Waals surface area contributed by atoms with Gasteiger partial charge in [-0.15, -0.1) is 0 Å². The molecule has 0 heterocycles. The molecule has 2 N–H and O–H groups in total. The van der Waals surface area contributed by atoms with Gasteiger partial charge in [0.25, 0.3) is 10.1 Å². The lowest BCUT2D eigenvalue weighted by Crippen LogP contribution is -2.11. The van der Waals surface area contributed by atoms with Gasteiger partial charge in [0, 0.05) is 6.61 Å². The maximum Gasteiger partial charge on any atom is 0.264 e. The van der Waals surface area contributed by atoms with Crippen molar-refractivity contribution >= 4 is 10.1 Å². The molecule has 0 unspecified atom stereocenters. The Balaban J connectivity index is 2.30. The van der Waals surface area contributed by atoms with Crippen molar-refractivity contribution in [3.63, 3.8) is 0 Å². The smallest absolute Gasteiger partial charge is 0.264 e. The summed E-state index contributed by atoms with van der Waals surface area (Å²) in [6.07, 6.45) is 2.69. The van der Waals surface area contributed by atoms with Crippen LogP contribution < -0.4 is 0 Å². The van der Waals surface area contributed by atoms with E-state index in [0.717, 1.165) is 12.8 Å². The summed E-state index contributed by atoms with van der Waals surface area (Å²) < 4.78 is 29.7. The van der Waals surface area contributed by atoms with Crippen molar-refractivity contribution in [2.75, 3.05) is 12.4 Å². The monoisotopic (exact) mass is 272 g/mol. The highest BCUT2D eigenvalue weighted by atomic mass is 32.2. The fourth-order valence-electron chi connectivity index (χ4n) is 1.92. The van der Waals surface area contributed by atoms with E-state index in [1.165, 1.54) is 5.56 Å². The topological polar surface area (TPSA) is 74.6 Å². The van der Waals surface area contributed by atoms with Crippen LogP contribution in [0.2, 0.25) is 0 Å². The molecular formula is C13H20O4S. The highest BCUT2D eigenvalue weighted by Crippen LogP contribution is 2.15. The minimum atomic E-state index is -3.85. The van der Waals surface area contributed by atoms with Crippen LogP contribution in [0.1, 0.15) is 24.8 Å². The van der Waals surface area contributed by atoms with Gasteiger partial charge in [-0.2, -0.15) is 8.42 Å². The molecule has 0 radical (unpaired) electrons. The Kier molecular flexibility index (Phi) is 6.32. The van der Waals surface area contributed by atoms with Gasteiger partial charge in [-0.05, 0) is 30.7 Å². The maximum atomic E-state index is 10.5. The highest BCUT2D eigenvalue weighted by molar-refractivity contribution is 7.85. The molecule has 0 amide bonds. The third-order valence-electron chi connectivity index (χ3n) is 2.89. The van der Waals surface area contributed by atoms with Crippen molar-refractivity contribution in [1.29, 1.82) is 0 Å². The summed E-state index contributed by atoms with van der Waals surface area (Å²) in [6, 6.07) is 9.90. The summed E-state index contributed by atoms with van der Waals surface area (Å²) in [5.74, 6) is -0.0509. The van der Waals surface area contributed by atoms with E-state index in [1.54, 1.807) is 0 Å². The molecule has 1 aromatic rings. The van der Waals surface area contributed by atoms with Gasteiger partial charge in [-0.3, -0.25) is 4.55 Å². The van der Waals surface area contributed by atoms with Crippen LogP contribution in [0.15, 0.2) is 30.3 Å². The van der Waals surface area contributed by atoms with Gasteiger partial charge in [-0.1, -0.05) is 36.8 Å². The second-order valence-electron chi connectivity index (χ2n) is 4.52. The Hall–Kier alpha value is -0.910. The van der Waals surface area contributed by atoms with Gasteiger partial charge in [0.15, 0.2) is 0 Å². The van der Waals surface area contributed by atoms with Crippen LogP contribution in [0, 0.1) is 5.92 Å². The zero-order chi connectivity index (χ0) is 13.4. The minimum Gasteiger partial charge on any atom is -0.396 e. The van der Waals surface area contributed by atoms with Crippen molar-refractivity contribution in [3.05, 3.63) is 35.9 Å². The first kappa shape index (κ1) is 15.1. The third-order valence-corrected chi connectivity index (χ3v) is 3.69.